The Balaban J connectivity index is 1.68. The van der Waals surface area contributed by atoms with Crippen LogP contribution in [0.4, 0.5) is 5.82 Å². The van der Waals surface area contributed by atoms with Crippen LogP contribution in [0.5, 0.6) is 5.88 Å². The van der Waals surface area contributed by atoms with E-state index in [1.807, 2.05) is 19.1 Å². The molecule has 0 radical (unpaired) electrons. The minimum atomic E-state index is -3.61. The molecule has 0 aliphatic carbocycles. The Morgan fingerprint density at radius 2 is 1.69 bits per heavy atom. The second-order valence-corrected chi connectivity index (χ2v) is 10.0. The van der Waals surface area contributed by atoms with Gasteiger partial charge >= 0.3 is 0 Å². The molecule has 2 aromatic heterocycles. The summed E-state index contributed by atoms with van der Waals surface area (Å²) in [5.41, 5.74) is 4.32. The van der Waals surface area contributed by atoms with E-state index in [1.165, 1.54) is 33.4 Å². The zero-order valence-corrected chi connectivity index (χ0v) is 21.0. The SMILES string of the molecule is CCN(CC)S(=O)(=O)c1ccc(N/N=C/c2c(O)n(-c3ccc(C)cc3)c(=O)c3ccccc23)nc1. The molecule has 0 saturated carbocycles. The van der Waals surface area contributed by atoms with Gasteiger partial charge in [0, 0.05) is 30.1 Å². The van der Waals surface area contributed by atoms with Crippen LogP contribution in [0.25, 0.3) is 16.5 Å². The molecule has 186 valence electrons. The topological polar surface area (TPSA) is 117 Å². The molecule has 0 bridgehead atoms. The lowest BCUT2D eigenvalue weighted by Crippen LogP contribution is -2.30. The van der Waals surface area contributed by atoms with Crippen molar-refractivity contribution in [3.8, 4) is 11.6 Å². The van der Waals surface area contributed by atoms with Crippen LogP contribution in [0.3, 0.4) is 0 Å². The van der Waals surface area contributed by atoms with E-state index in [1.54, 1.807) is 50.2 Å². The zero-order valence-electron chi connectivity index (χ0n) is 20.2. The Hall–Kier alpha value is -4.02. The van der Waals surface area contributed by atoms with Crippen LogP contribution in [0, 0.1) is 6.92 Å². The summed E-state index contributed by atoms with van der Waals surface area (Å²) in [6, 6.07) is 17.2. The maximum absolute atomic E-state index is 13.2. The van der Waals surface area contributed by atoms with Gasteiger partial charge in [-0.2, -0.15) is 9.41 Å². The molecule has 0 unspecified atom stereocenters. The van der Waals surface area contributed by atoms with Gasteiger partial charge in [0.1, 0.15) is 10.7 Å². The Morgan fingerprint density at radius 3 is 2.31 bits per heavy atom. The number of benzene rings is 2. The Bertz CT molecular complexity index is 1570. The number of aromatic nitrogens is 2. The van der Waals surface area contributed by atoms with Gasteiger partial charge in [0.15, 0.2) is 0 Å². The third-order valence-electron chi connectivity index (χ3n) is 5.85. The van der Waals surface area contributed by atoms with Crippen molar-refractivity contribution in [1.29, 1.82) is 0 Å². The van der Waals surface area contributed by atoms with Crippen molar-refractivity contribution >= 4 is 32.8 Å². The number of anilines is 1. The maximum Gasteiger partial charge on any atom is 0.265 e. The first-order valence-electron chi connectivity index (χ1n) is 11.5. The third kappa shape index (κ3) is 4.73. The highest BCUT2D eigenvalue weighted by Gasteiger charge is 2.21. The fourth-order valence-electron chi connectivity index (χ4n) is 3.90. The van der Waals surface area contributed by atoms with Gasteiger partial charge in [-0.15, -0.1) is 0 Å². The number of aromatic hydroxyl groups is 1. The van der Waals surface area contributed by atoms with Gasteiger partial charge in [-0.25, -0.2) is 18.0 Å². The molecular weight excluding hydrogens is 478 g/mol. The minimum absolute atomic E-state index is 0.0922. The number of nitrogens with zero attached hydrogens (tertiary/aromatic N) is 4. The highest BCUT2D eigenvalue weighted by atomic mass is 32.2. The molecule has 9 nitrogen and oxygen atoms in total. The molecule has 2 N–H and O–H groups in total. The van der Waals surface area contributed by atoms with Crippen LogP contribution >= 0.6 is 0 Å². The van der Waals surface area contributed by atoms with Crippen molar-refractivity contribution in [2.24, 2.45) is 5.10 Å². The van der Waals surface area contributed by atoms with E-state index in [9.17, 15) is 18.3 Å². The standard InChI is InChI=1S/C26H27N5O4S/c1-4-30(5-2)36(34,35)20-14-15-24(27-16-20)29-28-17-23-21-8-6-7-9-22(21)25(32)31(26(23)33)19-12-10-18(3)11-13-19/h6-17,33H,4-5H2,1-3H3,(H,27,29)/b28-17+. The zero-order chi connectivity index (χ0) is 25.9. The number of aryl methyl sites for hydroxylation is 1. The molecule has 0 aliphatic heterocycles. The molecule has 36 heavy (non-hydrogen) atoms. The molecule has 0 amide bonds. The van der Waals surface area contributed by atoms with E-state index in [4.69, 9.17) is 0 Å². The summed E-state index contributed by atoms with van der Waals surface area (Å²) in [5.74, 6) is 0.0714. The molecule has 10 heteroatoms. The quantitative estimate of drug-likeness (QED) is 0.277. The third-order valence-corrected chi connectivity index (χ3v) is 7.88. The number of nitrogens with one attached hydrogen (secondary N) is 1. The largest absolute Gasteiger partial charge is 0.494 e. The van der Waals surface area contributed by atoms with Gasteiger partial charge in [0.2, 0.25) is 15.9 Å². The maximum atomic E-state index is 13.2. The molecule has 0 aliphatic rings. The fraction of sp³-hybridized carbons (Fsp3) is 0.192. The van der Waals surface area contributed by atoms with E-state index < -0.39 is 10.0 Å². The summed E-state index contributed by atoms with van der Waals surface area (Å²) in [4.78, 5) is 17.4. The first kappa shape index (κ1) is 25.1. The Labute approximate surface area is 209 Å². The molecule has 0 fully saturated rings. The summed E-state index contributed by atoms with van der Waals surface area (Å²) in [7, 11) is -3.61. The van der Waals surface area contributed by atoms with Crippen molar-refractivity contribution in [2.45, 2.75) is 25.7 Å². The molecular formula is C26H27N5O4S. The average Bonchev–Trinajstić information content (AvgIpc) is 2.88. The molecule has 4 rings (SSSR count). The van der Waals surface area contributed by atoms with Crippen LogP contribution in [-0.4, -0.2) is 46.7 Å². The van der Waals surface area contributed by atoms with E-state index in [-0.39, 0.29) is 16.3 Å². The second kappa shape index (κ2) is 10.3. The van der Waals surface area contributed by atoms with Crippen LogP contribution in [0.2, 0.25) is 0 Å². The van der Waals surface area contributed by atoms with Crippen molar-refractivity contribution in [3.63, 3.8) is 0 Å². The Morgan fingerprint density at radius 1 is 1.03 bits per heavy atom. The van der Waals surface area contributed by atoms with Gasteiger partial charge in [-0.1, -0.05) is 49.7 Å². The number of sulfonamides is 1. The van der Waals surface area contributed by atoms with Crippen molar-refractivity contribution in [1.82, 2.24) is 13.9 Å². The summed E-state index contributed by atoms with van der Waals surface area (Å²) >= 11 is 0. The lowest BCUT2D eigenvalue weighted by atomic mass is 10.1. The van der Waals surface area contributed by atoms with Gasteiger partial charge < -0.3 is 5.11 Å². The van der Waals surface area contributed by atoms with Crippen molar-refractivity contribution in [3.05, 3.63) is 88.3 Å². The average molecular weight is 506 g/mol. The fourth-order valence-corrected chi connectivity index (χ4v) is 5.30. The summed E-state index contributed by atoms with van der Waals surface area (Å²) in [5, 5.41) is 16.2. The molecule has 2 aromatic carbocycles. The van der Waals surface area contributed by atoms with E-state index in [0.717, 1.165) is 5.56 Å². The molecule has 0 saturated heterocycles. The van der Waals surface area contributed by atoms with Crippen molar-refractivity contribution < 1.29 is 13.5 Å². The number of rotatable bonds is 8. The molecule has 2 heterocycles. The second-order valence-electron chi connectivity index (χ2n) is 8.10. The van der Waals surface area contributed by atoms with Crippen LogP contribution in [-0.2, 0) is 10.0 Å². The predicted molar refractivity (Wildman–Crippen MR) is 142 cm³/mol. The highest BCUT2D eigenvalue weighted by Crippen LogP contribution is 2.26. The van der Waals surface area contributed by atoms with Gasteiger partial charge in [0.25, 0.3) is 5.56 Å². The summed E-state index contributed by atoms with van der Waals surface area (Å²) in [6.07, 6.45) is 2.68. The number of hydrogen-bond acceptors (Lipinski definition) is 7. The lowest BCUT2D eigenvalue weighted by Gasteiger charge is -2.18. The monoisotopic (exact) mass is 505 g/mol. The van der Waals surface area contributed by atoms with Crippen LogP contribution < -0.4 is 11.0 Å². The summed E-state index contributed by atoms with van der Waals surface area (Å²) < 4.78 is 27.9. The van der Waals surface area contributed by atoms with Crippen molar-refractivity contribution in [2.75, 3.05) is 18.5 Å². The number of hydrogen-bond donors (Lipinski definition) is 2. The number of fused-ring (bicyclic) bond motifs is 1. The van der Waals surface area contributed by atoms with Crippen LogP contribution in [0.1, 0.15) is 25.0 Å². The molecule has 0 spiro atoms. The van der Waals surface area contributed by atoms with E-state index in [0.29, 0.717) is 40.9 Å². The van der Waals surface area contributed by atoms with E-state index >= 15 is 0 Å². The lowest BCUT2D eigenvalue weighted by molar-refractivity contribution is 0.436. The first-order chi connectivity index (χ1) is 17.3. The first-order valence-corrected chi connectivity index (χ1v) is 12.9. The van der Waals surface area contributed by atoms with Crippen LogP contribution in [0.15, 0.2) is 81.7 Å². The number of pyridine rings is 2. The summed E-state index contributed by atoms with van der Waals surface area (Å²) in [6.45, 7) is 6.23. The van der Waals surface area contributed by atoms with Gasteiger partial charge in [-0.3, -0.25) is 10.2 Å². The highest BCUT2D eigenvalue weighted by molar-refractivity contribution is 7.89. The molecule has 4 aromatic rings. The smallest absolute Gasteiger partial charge is 0.265 e. The van der Waals surface area contributed by atoms with Gasteiger partial charge in [-0.05, 0) is 37.3 Å². The molecule has 0 atom stereocenters. The predicted octanol–water partition coefficient (Wildman–Crippen LogP) is 3.88. The Kier molecular flexibility index (Phi) is 7.18. The van der Waals surface area contributed by atoms with Gasteiger partial charge in [0.05, 0.1) is 17.5 Å². The number of hydrazone groups is 1. The van der Waals surface area contributed by atoms with E-state index in [2.05, 4.69) is 15.5 Å². The normalized spacial score (nSPS) is 12.0. The minimum Gasteiger partial charge on any atom is -0.494 e.